The maximum atomic E-state index is 13.1. The molecule has 7 nitrogen and oxygen atoms in total. The largest absolute Gasteiger partial charge is 0.379 e. The van der Waals surface area contributed by atoms with Crippen LogP contribution in [0.5, 0.6) is 0 Å². The van der Waals surface area contributed by atoms with Gasteiger partial charge in [-0.3, -0.25) is 14.8 Å². The van der Waals surface area contributed by atoms with Crippen molar-refractivity contribution in [1.82, 2.24) is 20.1 Å². The van der Waals surface area contributed by atoms with Gasteiger partial charge in [0, 0.05) is 36.3 Å². The second kappa shape index (κ2) is 9.77. The van der Waals surface area contributed by atoms with E-state index in [-0.39, 0.29) is 5.91 Å². The molecule has 1 aromatic heterocycles. The van der Waals surface area contributed by atoms with E-state index in [2.05, 4.69) is 31.5 Å². The standard InChI is InChI=1S/C26H25N5O2/c32-26(21-10-6-7-19(17-21)18-31-13-15-33-16-14-31)27-23-12-5-4-11-22(23)25-28-24(29-30-25)20-8-2-1-3-9-20/h1-12,17H,13-16,18H2,(H,27,32)(H,28,29,30). The highest BCUT2D eigenvalue weighted by Crippen LogP contribution is 2.27. The highest BCUT2D eigenvalue weighted by molar-refractivity contribution is 6.06. The lowest BCUT2D eigenvalue weighted by Crippen LogP contribution is -2.35. The van der Waals surface area contributed by atoms with Crippen LogP contribution in [0, 0.1) is 0 Å². The van der Waals surface area contributed by atoms with Crippen molar-refractivity contribution in [3.05, 3.63) is 90.0 Å². The van der Waals surface area contributed by atoms with E-state index < -0.39 is 0 Å². The maximum absolute atomic E-state index is 13.1. The molecule has 7 heteroatoms. The summed E-state index contributed by atoms with van der Waals surface area (Å²) < 4.78 is 5.42. The number of rotatable bonds is 6. The first-order valence-electron chi connectivity index (χ1n) is 11.0. The molecule has 5 rings (SSSR count). The van der Waals surface area contributed by atoms with Crippen molar-refractivity contribution in [3.8, 4) is 22.8 Å². The number of benzene rings is 3. The maximum Gasteiger partial charge on any atom is 0.255 e. The minimum absolute atomic E-state index is 0.158. The number of nitrogens with one attached hydrogen (secondary N) is 2. The molecule has 1 saturated heterocycles. The zero-order valence-corrected chi connectivity index (χ0v) is 18.2. The average molecular weight is 440 g/mol. The van der Waals surface area contributed by atoms with Crippen molar-refractivity contribution in [2.24, 2.45) is 0 Å². The summed E-state index contributed by atoms with van der Waals surface area (Å²) in [5.41, 5.74) is 4.12. The van der Waals surface area contributed by atoms with E-state index >= 15 is 0 Å². The van der Waals surface area contributed by atoms with Crippen LogP contribution in [-0.4, -0.2) is 52.3 Å². The van der Waals surface area contributed by atoms with Crippen LogP contribution in [0.2, 0.25) is 0 Å². The molecule has 0 atom stereocenters. The fourth-order valence-corrected chi connectivity index (χ4v) is 3.92. The number of carbonyl (C=O) groups excluding carboxylic acids is 1. The second-order valence-corrected chi connectivity index (χ2v) is 7.96. The predicted molar refractivity (Wildman–Crippen MR) is 128 cm³/mol. The third-order valence-electron chi connectivity index (χ3n) is 5.65. The first kappa shape index (κ1) is 21.1. The zero-order valence-electron chi connectivity index (χ0n) is 18.2. The molecule has 1 aliphatic heterocycles. The minimum atomic E-state index is -0.158. The van der Waals surface area contributed by atoms with Gasteiger partial charge >= 0.3 is 0 Å². The first-order chi connectivity index (χ1) is 16.3. The summed E-state index contributed by atoms with van der Waals surface area (Å²) in [5, 5.41) is 10.4. The molecule has 4 aromatic rings. The van der Waals surface area contributed by atoms with E-state index in [9.17, 15) is 4.79 Å². The Hall–Kier alpha value is -3.81. The summed E-state index contributed by atoms with van der Waals surface area (Å²) in [5.74, 6) is 1.06. The summed E-state index contributed by atoms with van der Waals surface area (Å²) in [6, 6.07) is 25.2. The van der Waals surface area contributed by atoms with Gasteiger partial charge in [0.1, 0.15) is 0 Å². The third-order valence-corrected chi connectivity index (χ3v) is 5.65. The highest BCUT2D eigenvalue weighted by atomic mass is 16.5. The van der Waals surface area contributed by atoms with Gasteiger partial charge in [-0.05, 0) is 29.8 Å². The Morgan fingerprint density at radius 3 is 2.61 bits per heavy atom. The average Bonchev–Trinajstić information content (AvgIpc) is 3.36. The fourth-order valence-electron chi connectivity index (χ4n) is 3.92. The van der Waals surface area contributed by atoms with Gasteiger partial charge in [-0.1, -0.05) is 54.6 Å². The molecule has 33 heavy (non-hydrogen) atoms. The van der Waals surface area contributed by atoms with Crippen molar-refractivity contribution < 1.29 is 9.53 Å². The molecule has 0 saturated carbocycles. The molecule has 166 valence electrons. The number of para-hydroxylation sites is 1. The smallest absolute Gasteiger partial charge is 0.255 e. The number of anilines is 1. The van der Waals surface area contributed by atoms with Crippen molar-refractivity contribution in [3.63, 3.8) is 0 Å². The Labute approximate surface area is 192 Å². The molecule has 0 aliphatic carbocycles. The van der Waals surface area contributed by atoms with Gasteiger partial charge in [-0.2, -0.15) is 5.10 Å². The summed E-state index contributed by atoms with van der Waals surface area (Å²) in [6.45, 7) is 4.13. The van der Waals surface area contributed by atoms with Crippen molar-refractivity contribution in [1.29, 1.82) is 0 Å². The quantitative estimate of drug-likeness (QED) is 0.470. The van der Waals surface area contributed by atoms with Crippen molar-refractivity contribution in [2.75, 3.05) is 31.6 Å². The molecule has 1 amide bonds. The van der Waals surface area contributed by atoms with Gasteiger partial charge < -0.3 is 10.1 Å². The van der Waals surface area contributed by atoms with E-state index in [4.69, 9.17) is 4.74 Å². The lowest BCUT2D eigenvalue weighted by atomic mass is 10.1. The minimum Gasteiger partial charge on any atom is -0.379 e. The molecule has 0 spiro atoms. The predicted octanol–water partition coefficient (Wildman–Crippen LogP) is 4.22. The fraction of sp³-hybridized carbons (Fsp3) is 0.192. The van der Waals surface area contributed by atoms with Crippen LogP contribution in [-0.2, 0) is 11.3 Å². The van der Waals surface area contributed by atoms with Gasteiger partial charge in [0.2, 0.25) is 0 Å². The Morgan fingerprint density at radius 2 is 1.76 bits per heavy atom. The van der Waals surface area contributed by atoms with E-state index in [1.165, 1.54) is 0 Å². The van der Waals surface area contributed by atoms with Crippen LogP contribution < -0.4 is 5.32 Å². The lowest BCUT2D eigenvalue weighted by molar-refractivity contribution is 0.0342. The molecule has 0 radical (unpaired) electrons. The van der Waals surface area contributed by atoms with Gasteiger partial charge in [-0.15, -0.1) is 0 Å². The van der Waals surface area contributed by atoms with Crippen LogP contribution in [0.4, 0.5) is 5.69 Å². The second-order valence-electron chi connectivity index (χ2n) is 7.96. The third kappa shape index (κ3) is 5.00. The van der Waals surface area contributed by atoms with E-state index in [0.717, 1.165) is 49.5 Å². The number of H-pyrrole nitrogens is 1. The molecule has 2 N–H and O–H groups in total. The number of aromatic amines is 1. The van der Waals surface area contributed by atoms with Crippen LogP contribution in [0.15, 0.2) is 78.9 Å². The van der Waals surface area contributed by atoms with Crippen molar-refractivity contribution >= 4 is 11.6 Å². The summed E-state index contributed by atoms with van der Waals surface area (Å²) in [4.78, 5) is 20.1. The Kier molecular flexibility index (Phi) is 6.23. The molecular weight excluding hydrogens is 414 g/mol. The Bertz CT molecular complexity index is 1230. The van der Waals surface area contributed by atoms with Crippen LogP contribution in [0.3, 0.4) is 0 Å². The Balaban J connectivity index is 1.34. The number of amides is 1. The number of morpholine rings is 1. The summed E-state index contributed by atoms with van der Waals surface area (Å²) >= 11 is 0. The van der Waals surface area contributed by atoms with Gasteiger partial charge in [0.25, 0.3) is 5.91 Å². The molecule has 2 heterocycles. The van der Waals surface area contributed by atoms with Gasteiger partial charge in [0.15, 0.2) is 11.6 Å². The zero-order chi connectivity index (χ0) is 22.5. The molecule has 0 unspecified atom stereocenters. The number of aromatic nitrogens is 3. The van der Waals surface area contributed by atoms with Crippen LogP contribution in [0.1, 0.15) is 15.9 Å². The number of ether oxygens (including phenoxy) is 1. The number of hydrogen-bond acceptors (Lipinski definition) is 5. The summed E-state index contributed by atoms with van der Waals surface area (Å²) in [7, 11) is 0. The van der Waals surface area contributed by atoms with E-state index in [1.807, 2.05) is 72.8 Å². The molecule has 1 fully saturated rings. The number of carbonyl (C=O) groups is 1. The molecule has 3 aromatic carbocycles. The normalized spacial score (nSPS) is 14.2. The molecular formula is C26H25N5O2. The number of hydrogen-bond donors (Lipinski definition) is 2. The topological polar surface area (TPSA) is 83.1 Å². The molecule has 1 aliphatic rings. The van der Waals surface area contributed by atoms with E-state index in [0.29, 0.717) is 22.9 Å². The number of nitrogens with zero attached hydrogens (tertiary/aromatic N) is 3. The Morgan fingerprint density at radius 1 is 0.970 bits per heavy atom. The van der Waals surface area contributed by atoms with Crippen LogP contribution in [0.25, 0.3) is 22.8 Å². The van der Waals surface area contributed by atoms with Crippen molar-refractivity contribution in [2.45, 2.75) is 6.54 Å². The monoisotopic (exact) mass is 439 g/mol. The van der Waals surface area contributed by atoms with E-state index in [1.54, 1.807) is 0 Å². The summed E-state index contributed by atoms with van der Waals surface area (Å²) in [6.07, 6.45) is 0. The SMILES string of the molecule is O=C(Nc1ccccc1-c1nc(-c2ccccc2)n[nH]1)c1cccc(CN2CCOCC2)c1. The molecule has 0 bridgehead atoms. The van der Waals surface area contributed by atoms with Crippen LogP contribution >= 0.6 is 0 Å². The van der Waals surface area contributed by atoms with Gasteiger partial charge in [-0.25, -0.2) is 4.98 Å². The van der Waals surface area contributed by atoms with Gasteiger partial charge in [0.05, 0.1) is 18.9 Å². The highest BCUT2D eigenvalue weighted by Gasteiger charge is 2.15. The lowest BCUT2D eigenvalue weighted by Gasteiger charge is -2.26. The first-order valence-corrected chi connectivity index (χ1v) is 11.0.